The zero-order valence-electron chi connectivity index (χ0n) is 12.1. The molecule has 0 spiro atoms. The van der Waals surface area contributed by atoms with Crippen molar-refractivity contribution >= 4 is 11.4 Å². The van der Waals surface area contributed by atoms with Crippen molar-refractivity contribution < 1.29 is 4.74 Å². The molecule has 0 heterocycles. The Morgan fingerprint density at radius 1 is 1.14 bits per heavy atom. The van der Waals surface area contributed by atoms with E-state index in [1.807, 2.05) is 55.6 Å². The van der Waals surface area contributed by atoms with Crippen LogP contribution in [0, 0.1) is 11.3 Å². The molecule has 0 aromatic heterocycles. The van der Waals surface area contributed by atoms with Crippen LogP contribution in [0.5, 0.6) is 5.75 Å². The Balaban J connectivity index is 1.78. The summed E-state index contributed by atoms with van der Waals surface area (Å²) in [6.07, 6.45) is 0.894. The molecule has 0 saturated carbocycles. The van der Waals surface area contributed by atoms with Crippen LogP contribution in [0.4, 0.5) is 11.4 Å². The molecule has 0 atom stereocenters. The van der Waals surface area contributed by atoms with E-state index < -0.39 is 0 Å². The second kappa shape index (κ2) is 7.20. The number of nitrogens with zero attached hydrogens (tertiary/aromatic N) is 2. The van der Waals surface area contributed by atoms with Gasteiger partial charge in [0.25, 0.3) is 0 Å². The van der Waals surface area contributed by atoms with Gasteiger partial charge in [0.2, 0.25) is 0 Å². The van der Waals surface area contributed by atoms with E-state index >= 15 is 0 Å². The summed E-state index contributed by atoms with van der Waals surface area (Å²) in [7, 11) is 2.03. The third-order valence-electron chi connectivity index (χ3n) is 3.25. The fraction of sp³-hybridized carbons (Fsp3) is 0.235. The van der Waals surface area contributed by atoms with Crippen molar-refractivity contribution in [1.82, 2.24) is 0 Å². The third-order valence-corrected chi connectivity index (χ3v) is 3.25. The van der Waals surface area contributed by atoms with Crippen LogP contribution in [0.2, 0.25) is 0 Å². The van der Waals surface area contributed by atoms with Crippen LogP contribution < -0.4 is 15.4 Å². The van der Waals surface area contributed by atoms with Crippen molar-refractivity contribution in [3.63, 3.8) is 0 Å². The Kier molecular flexibility index (Phi) is 5.05. The average molecular weight is 281 g/mol. The molecule has 2 aromatic rings. The van der Waals surface area contributed by atoms with Crippen LogP contribution in [0.15, 0.2) is 48.5 Å². The lowest BCUT2D eigenvalue weighted by atomic mass is 10.2. The highest BCUT2D eigenvalue weighted by atomic mass is 16.5. The van der Waals surface area contributed by atoms with Crippen molar-refractivity contribution in [2.24, 2.45) is 0 Å². The second-order valence-corrected chi connectivity index (χ2v) is 4.82. The molecule has 0 radical (unpaired) electrons. The van der Waals surface area contributed by atoms with E-state index in [9.17, 15) is 0 Å². The smallest absolute Gasteiger partial charge is 0.142 e. The number of ether oxygens (including phenoxy) is 1. The molecule has 0 aliphatic heterocycles. The predicted octanol–water partition coefficient (Wildman–Crippen LogP) is 3.05. The molecule has 2 aromatic carbocycles. The quantitative estimate of drug-likeness (QED) is 0.653. The maximum atomic E-state index is 8.78. The zero-order valence-corrected chi connectivity index (χ0v) is 12.1. The van der Waals surface area contributed by atoms with Gasteiger partial charge in [-0.25, -0.2) is 0 Å². The van der Waals surface area contributed by atoms with Crippen molar-refractivity contribution in [1.29, 1.82) is 5.26 Å². The van der Waals surface area contributed by atoms with Crippen molar-refractivity contribution in [2.75, 3.05) is 30.8 Å². The van der Waals surface area contributed by atoms with Gasteiger partial charge in [-0.05, 0) is 42.8 Å². The number of nitrogen functional groups attached to an aromatic ring is 1. The van der Waals surface area contributed by atoms with E-state index in [4.69, 9.17) is 15.7 Å². The van der Waals surface area contributed by atoms with E-state index in [1.165, 1.54) is 0 Å². The van der Waals surface area contributed by atoms with Gasteiger partial charge in [0.05, 0.1) is 23.9 Å². The summed E-state index contributed by atoms with van der Waals surface area (Å²) in [5.74, 6) is 0.735. The van der Waals surface area contributed by atoms with Crippen LogP contribution in [0.3, 0.4) is 0 Å². The number of para-hydroxylation sites is 2. The van der Waals surface area contributed by atoms with Gasteiger partial charge in [-0.2, -0.15) is 5.26 Å². The first-order valence-electron chi connectivity index (χ1n) is 6.89. The van der Waals surface area contributed by atoms with Gasteiger partial charge in [-0.1, -0.05) is 12.1 Å². The first-order chi connectivity index (χ1) is 10.2. The molecule has 21 heavy (non-hydrogen) atoms. The number of nitriles is 1. The van der Waals surface area contributed by atoms with E-state index in [-0.39, 0.29) is 0 Å². The Morgan fingerprint density at radius 3 is 2.52 bits per heavy atom. The van der Waals surface area contributed by atoms with Gasteiger partial charge in [0, 0.05) is 19.3 Å². The third kappa shape index (κ3) is 4.15. The molecule has 0 aliphatic rings. The minimum atomic E-state index is 0.620. The normalized spacial score (nSPS) is 9.90. The lowest BCUT2D eigenvalue weighted by Crippen LogP contribution is -2.20. The van der Waals surface area contributed by atoms with E-state index in [1.54, 1.807) is 0 Å². The van der Waals surface area contributed by atoms with E-state index in [0.29, 0.717) is 17.9 Å². The Hall–Kier alpha value is -2.67. The van der Waals surface area contributed by atoms with Gasteiger partial charge < -0.3 is 15.4 Å². The number of hydrogen-bond donors (Lipinski definition) is 1. The summed E-state index contributed by atoms with van der Waals surface area (Å²) >= 11 is 0. The van der Waals surface area contributed by atoms with E-state index in [2.05, 4.69) is 11.0 Å². The van der Waals surface area contributed by atoms with Gasteiger partial charge in [0.15, 0.2) is 0 Å². The SMILES string of the molecule is CN(CCCOc1ccccc1N)c1ccc(C#N)cc1. The average Bonchev–Trinajstić information content (AvgIpc) is 2.53. The Labute approximate surface area is 125 Å². The highest BCUT2D eigenvalue weighted by Crippen LogP contribution is 2.20. The molecule has 108 valence electrons. The minimum Gasteiger partial charge on any atom is -0.491 e. The second-order valence-electron chi connectivity index (χ2n) is 4.82. The molecule has 0 bridgehead atoms. The summed E-state index contributed by atoms with van der Waals surface area (Å²) in [6, 6.07) is 17.2. The number of nitrogens with two attached hydrogens (primary N) is 1. The molecule has 4 nitrogen and oxygen atoms in total. The van der Waals surface area contributed by atoms with Gasteiger partial charge in [-0.3, -0.25) is 0 Å². The molecular weight excluding hydrogens is 262 g/mol. The molecule has 0 amide bonds. The summed E-state index contributed by atoms with van der Waals surface area (Å²) < 4.78 is 5.66. The fourth-order valence-electron chi connectivity index (χ4n) is 2.02. The number of rotatable bonds is 6. The number of anilines is 2. The Morgan fingerprint density at radius 2 is 1.86 bits per heavy atom. The summed E-state index contributed by atoms with van der Waals surface area (Å²) in [5, 5.41) is 8.78. The van der Waals surface area contributed by atoms with Crippen molar-refractivity contribution in [3.8, 4) is 11.8 Å². The van der Waals surface area contributed by atoms with Crippen LogP contribution >= 0.6 is 0 Å². The van der Waals surface area contributed by atoms with Crippen molar-refractivity contribution in [2.45, 2.75) is 6.42 Å². The standard InChI is InChI=1S/C17H19N3O/c1-20(15-9-7-14(13-18)8-10-15)11-4-12-21-17-6-3-2-5-16(17)19/h2-3,5-10H,4,11-12,19H2,1H3. The minimum absolute atomic E-state index is 0.620. The zero-order chi connectivity index (χ0) is 15.1. The monoisotopic (exact) mass is 281 g/mol. The van der Waals surface area contributed by atoms with Crippen LogP contribution in [-0.4, -0.2) is 20.2 Å². The number of hydrogen-bond acceptors (Lipinski definition) is 4. The first-order valence-corrected chi connectivity index (χ1v) is 6.89. The van der Waals surface area contributed by atoms with Crippen molar-refractivity contribution in [3.05, 3.63) is 54.1 Å². The molecule has 0 unspecified atom stereocenters. The van der Waals surface area contributed by atoms with Crippen LogP contribution in [-0.2, 0) is 0 Å². The molecule has 2 rings (SSSR count). The number of benzene rings is 2. The largest absolute Gasteiger partial charge is 0.491 e. The summed E-state index contributed by atoms with van der Waals surface area (Å²) in [6.45, 7) is 1.49. The lowest BCUT2D eigenvalue weighted by Gasteiger charge is -2.19. The van der Waals surface area contributed by atoms with E-state index in [0.717, 1.165) is 24.4 Å². The predicted molar refractivity (Wildman–Crippen MR) is 85.4 cm³/mol. The van der Waals surface area contributed by atoms with Gasteiger partial charge >= 0.3 is 0 Å². The van der Waals surface area contributed by atoms with Crippen LogP contribution in [0.25, 0.3) is 0 Å². The van der Waals surface area contributed by atoms with Gasteiger partial charge in [-0.15, -0.1) is 0 Å². The topological polar surface area (TPSA) is 62.3 Å². The van der Waals surface area contributed by atoms with Crippen LogP contribution in [0.1, 0.15) is 12.0 Å². The summed E-state index contributed by atoms with van der Waals surface area (Å²) in [4.78, 5) is 2.14. The lowest BCUT2D eigenvalue weighted by molar-refractivity contribution is 0.314. The first kappa shape index (κ1) is 14.7. The van der Waals surface area contributed by atoms with Gasteiger partial charge in [0.1, 0.15) is 5.75 Å². The molecule has 0 aliphatic carbocycles. The highest BCUT2D eigenvalue weighted by Gasteiger charge is 2.02. The Bertz CT molecular complexity index is 617. The molecule has 4 heteroatoms. The maximum Gasteiger partial charge on any atom is 0.142 e. The molecule has 0 saturated heterocycles. The fourth-order valence-corrected chi connectivity index (χ4v) is 2.02. The molecule has 0 fully saturated rings. The molecule has 2 N–H and O–H groups in total. The molecular formula is C17H19N3O. The highest BCUT2D eigenvalue weighted by molar-refractivity contribution is 5.52. The maximum absolute atomic E-state index is 8.78. The summed E-state index contributed by atoms with van der Waals surface area (Å²) in [5.41, 5.74) is 8.25.